The van der Waals surface area contributed by atoms with Crippen molar-refractivity contribution in [2.24, 2.45) is 0 Å². The van der Waals surface area contributed by atoms with Gasteiger partial charge in [0, 0.05) is 27.8 Å². The predicted molar refractivity (Wildman–Crippen MR) is 223 cm³/mol. The van der Waals surface area contributed by atoms with E-state index < -0.39 is 12.1 Å². The average molecular weight is 710 g/mol. The second-order valence-electron chi connectivity index (χ2n) is 13.9. The summed E-state index contributed by atoms with van der Waals surface area (Å²) in [5.74, 6) is 0.997. The van der Waals surface area contributed by atoms with Crippen molar-refractivity contribution in [2.75, 3.05) is 0 Å². The van der Waals surface area contributed by atoms with Gasteiger partial charge in [-0.15, -0.1) is 0 Å². The SMILES string of the molecule is [2H]c1c([2H])c([2H])c2c(oc3c(-c4nc(-c5ccccc5)nc(-c5ccccc5)n4)c(Cc4ccc(C5c6ccccc6-c6cc7ccccc7cc65)cc4)c([2H])c([2H])c32)c1[2H]. The molecule has 0 spiro atoms. The van der Waals surface area contributed by atoms with Gasteiger partial charge in [0.1, 0.15) is 11.2 Å². The highest BCUT2D eigenvalue weighted by molar-refractivity contribution is 6.09. The number of hydrogen-bond acceptors (Lipinski definition) is 4. The predicted octanol–water partition coefficient (Wildman–Crippen LogP) is 12.7. The topological polar surface area (TPSA) is 51.8 Å². The van der Waals surface area contributed by atoms with Gasteiger partial charge in [-0.25, -0.2) is 15.0 Å². The standard InChI is InChI=1S/C51H33N3O/c1-3-13-34(14-4-1)49-52-50(35-15-5-2-6-16-35)54-51(53-49)47-38(27-28-42-40-20-11-12-22-45(40)55-48(42)47)29-32-23-25-33(26-24-32)46-41-21-10-9-19-39(41)43-30-36-17-7-8-18-37(36)31-44(43)46/h1-28,30-31,46H,29H2/i11D,12D,20D,22D,27D,28D. The molecule has 1 atom stereocenters. The maximum absolute atomic E-state index is 9.60. The van der Waals surface area contributed by atoms with Gasteiger partial charge >= 0.3 is 0 Å². The fraction of sp³-hybridized carbons (Fsp3) is 0.0392. The summed E-state index contributed by atoms with van der Waals surface area (Å²) in [5.41, 5.74) is 9.23. The molecule has 0 N–H and O–H groups in total. The van der Waals surface area contributed by atoms with Crippen LogP contribution in [-0.2, 0) is 6.42 Å². The van der Waals surface area contributed by atoms with Crippen molar-refractivity contribution in [3.8, 4) is 45.3 Å². The van der Waals surface area contributed by atoms with E-state index >= 15 is 0 Å². The minimum absolute atomic E-state index is 0.0268. The molecule has 11 rings (SSSR count). The average Bonchev–Trinajstić information content (AvgIpc) is 3.86. The van der Waals surface area contributed by atoms with E-state index in [9.17, 15) is 2.74 Å². The Hall–Kier alpha value is -7.17. The lowest BCUT2D eigenvalue weighted by Crippen LogP contribution is -2.03. The summed E-state index contributed by atoms with van der Waals surface area (Å²) in [4.78, 5) is 14.9. The number of rotatable bonds is 6. The number of para-hydroxylation sites is 1. The molecule has 0 bridgehead atoms. The molecule has 2 heterocycles. The van der Waals surface area contributed by atoms with E-state index in [0.29, 0.717) is 22.8 Å². The van der Waals surface area contributed by atoms with Crippen molar-refractivity contribution in [3.63, 3.8) is 0 Å². The smallest absolute Gasteiger partial charge is 0.168 e. The van der Waals surface area contributed by atoms with Crippen LogP contribution in [-0.4, -0.2) is 15.0 Å². The van der Waals surface area contributed by atoms with Crippen molar-refractivity contribution in [1.29, 1.82) is 0 Å². The van der Waals surface area contributed by atoms with E-state index in [0.717, 1.165) is 22.3 Å². The molecule has 1 aliphatic rings. The number of benzene rings is 8. The summed E-state index contributed by atoms with van der Waals surface area (Å²) >= 11 is 0. The van der Waals surface area contributed by atoms with Crippen molar-refractivity contribution in [2.45, 2.75) is 12.3 Å². The van der Waals surface area contributed by atoms with Gasteiger partial charge in [0.25, 0.3) is 0 Å². The minimum atomic E-state index is -0.449. The molecular weight excluding hydrogens is 671 g/mol. The number of furan rings is 1. The van der Waals surface area contributed by atoms with Gasteiger partial charge < -0.3 is 4.42 Å². The lowest BCUT2D eigenvalue weighted by Gasteiger charge is -2.16. The molecule has 55 heavy (non-hydrogen) atoms. The molecular formula is C51H33N3O. The number of hydrogen-bond donors (Lipinski definition) is 0. The fourth-order valence-corrected chi connectivity index (χ4v) is 8.03. The summed E-state index contributed by atoms with van der Waals surface area (Å²) < 4.78 is 60.0. The molecule has 0 amide bonds. The van der Waals surface area contributed by atoms with Crippen LogP contribution in [0.3, 0.4) is 0 Å². The van der Waals surface area contributed by atoms with Crippen LogP contribution in [0.2, 0.25) is 0 Å². The molecule has 4 heteroatoms. The zero-order valence-electron chi connectivity index (χ0n) is 35.4. The van der Waals surface area contributed by atoms with E-state index in [-0.39, 0.29) is 64.3 Å². The van der Waals surface area contributed by atoms with Gasteiger partial charge in [0.2, 0.25) is 0 Å². The molecule has 0 aliphatic heterocycles. The van der Waals surface area contributed by atoms with E-state index in [1.54, 1.807) is 0 Å². The largest absolute Gasteiger partial charge is 0.455 e. The molecule has 8 aromatic carbocycles. The Morgan fingerprint density at radius 1 is 0.527 bits per heavy atom. The van der Waals surface area contributed by atoms with Crippen LogP contribution in [0.25, 0.3) is 78.0 Å². The monoisotopic (exact) mass is 709 g/mol. The molecule has 0 radical (unpaired) electrons. The third-order valence-electron chi connectivity index (χ3n) is 10.6. The highest BCUT2D eigenvalue weighted by Gasteiger charge is 2.30. The van der Waals surface area contributed by atoms with Crippen LogP contribution in [0.4, 0.5) is 0 Å². The number of nitrogens with zero attached hydrogens (tertiary/aromatic N) is 3. The van der Waals surface area contributed by atoms with Crippen LogP contribution in [0, 0.1) is 0 Å². The van der Waals surface area contributed by atoms with Crippen molar-refractivity contribution < 1.29 is 12.6 Å². The summed E-state index contributed by atoms with van der Waals surface area (Å²) in [6.07, 6.45) is 0.206. The summed E-state index contributed by atoms with van der Waals surface area (Å²) in [5, 5.41) is 2.54. The Labute approximate surface area is 326 Å². The van der Waals surface area contributed by atoms with Crippen LogP contribution < -0.4 is 0 Å². The van der Waals surface area contributed by atoms with E-state index in [1.165, 1.54) is 33.0 Å². The van der Waals surface area contributed by atoms with Gasteiger partial charge in [0.15, 0.2) is 17.5 Å². The third kappa shape index (κ3) is 5.33. The highest BCUT2D eigenvalue weighted by atomic mass is 16.3. The van der Waals surface area contributed by atoms with Crippen LogP contribution in [0.15, 0.2) is 186 Å². The zero-order chi connectivity index (χ0) is 41.5. The summed E-state index contributed by atoms with van der Waals surface area (Å²) in [7, 11) is 0. The second kappa shape index (κ2) is 12.8. The third-order valence-corrected chi connectivity index (χ3v) is 10.6. The Balaban J connectivity index is 1.12. The van der Waals surface area contributed by atoms with Crippen molar-refractivity contribution in [1.82, 2.24) is 15.0 Å². The van der Waals surface area contributed by atoms with Crippen LogP contribution in [0.1, 0.15) is 42.0 Å². The van der Waals surface area contributed by atoms with Crippen LogP contribution in [0.5, 0.6) is 0 Å². The first-order valence-corrected chi connectivity index (χ1v) is 18.3. The molecule has 1 aliphatic carbocycles. The molecule has 258 valence electrons. The Morgan fingerprint density at radius 2 is 1.16 bits per heavy atom. The Morgan fingerprint density at radius 3 is 1.91 bits per heavy atom. The van der Waals surface area contributed by atoms with Crippen LogP contribution >= 0.6 is 0 Å². The maximum Gasteiger partial charge on any atom is 0.168 e. The maximum atomic E-state index is 9.60. The fourth-order valence-electron chi connectivity index (χ4n) is 8.03. The number of aromatic nitrogens is 3. The highest BCUT2D eigenvalue weighted by Crippen LogP contribution is 2.49. The summed E-state index contributed by atoms with van der Waals surface area (Å²) in [6.45, 7) is 0. The van der Waals surface area contributed by atoms with E-state index in [4.69, 9.17) is 24.9 Å². The first-order chi connectivity index (χ1) is 29.7. The molecule has 2 aromatic heterocycles. The molecule has 10 aromatic rings. The van der Waals surface area contributed by atoms with Crippen molar-refractivity contribution >= 4 is 32.7 Å². The molecule has 0 saturated carbocycles. The quantitative estimate of drug-likeness (QED) is 0.172. The van der Waals surface area contributed by atoms with Gasteiger partial charge in [-0.3, -0.25) is 0 Å². The lowest BCUT2D eigenvalue weighted by molar-refractivity contribution is 0.669. The first-order valence-electron chi connectivity index (χ1n) is 21.3. The van der Waals surface area contributed by atoms with E-state index in [1.807, 2.05) is 60.7 Å². The van der Waals surface area contributed by atoms with Gasteiger partial charge in [0.05, 0.1) is 13.8 Å². The normalized spacial score (nSPS) is 14.9. The first kappa shape index (κ1) is 25.7. The van der Waals surface area contributed by atoms with Gasteiger partial charge in [-0.2, -0.15) is 0 Å². The second-order valence-corrected chi connectivity index (χ2v) is 13.9. The molecule has 4 nitrogen and oxygen atoms in total. The molecule has 0 fully saturated rings. The molecule has 0 saturated heterocycles. The van der Waals surface area contributed by atoms with Gasteiger partial charge in [-0.05, 0) is 74.3 Å². The lowest BCUT2D eigenvalue weighted by atomic mass is 9.87. The molecule has 1 unspecified atom stereocenters. The zero-order valence-corrected chi connectivity index (χ0v) is 29.4. The minimum Gasteiger partial charge on any atom is -0.455 e. The Bertz CT molecular complexity index is 3350. The van der Waals surface area contributed by atoms with Crippen molar-refractivity contribution in [3.05, 3.63) is 210 Å². The van der Waals surface area contributed by atoms with Gasteiger partial charge in [-0.1, -0.05) is 164 Å². The Kier molecular flexibility index (Phi) is 5.97. The number of fused-ring (bicyclic) bond motifs is 7. The van der Waals surface area contributed by atoms with E-state index in [2.05, 4.69) is 84.9 Å². The summed E-state index contributed by atoms with van der Waals surface area (Å²) in [6, 6.07) is 47.1.